The Kier molecular flexibility index (Phi) is 5.54. The maximum Gasteiger partial charge on any atom is 0.319 e. The van der Waals surface area contributed by atoms with E-state index in [0.29, 0.717) is 29.5 Å². The second-order valence-corrected chi connectivity index (χ2v) is 6.36. The van der Waals surface area contributed by atoms with E-state index >= 15 is 0 Å². The summed E-state index contributed by atoms with van der Waals surface area (Å²) < 4.78 is 1.98. The Balaban J connectivity index is 1.89. The second-order valence-electron chi connectivity index (χ2n) is 6.36. The number of benzene rings is 1. The van der Waals surface area contributed by atoms with Crippen molar-refractivity contribution in [2.24, 2.45) is 7.05 Å². The largest absolute Gasteiger partial charge is 0.382 e. The van der Waals surface area contributed by atoms with Crippen LogP contribution in [0.5, 0.6) is 0 Å². The number of carbonyl (C=O) groups is 1. The first-order valence-corrected chi connectivity index (χ1v) is 9.17. The topological polar surface area (TPSA) is 111 Å². The van der Waals surface area contributed by atoms with E-state index in [1.807, 2.05) is 30.7 Å². The average molecular weight is 367 g/mol. The summed E-state index contributed by atoms with van der Waals surface area (Å²) in [6.07, 6.45) is 3.06. The Morgan fingerprint density at radius 1 is 1.15 bits per heavy atom. The molecule has 0 fully saturated rings. The van der Waals surface area contributed by atoms with E-state index in [0.717, 1.165) is 36.2 Å². The van der Waals surface area contributed by atoms with Gasteiger partial charge in [-0.05, 0) is 37.6 Å². The number of nitrogens with zero attached hydrogens (tertiary/aromatic N) is 4. The third kappa shape index (κ3) is 3.99. The molecule has 1 aromatic carbocycles. The van der Waals surface area contributed by atoms with E-state index < -0.39 is 0 Å². The highest BCUT2D eigenvalue weighted by atomic mass is 16.2. The summed E-state index contributed by atoms with van der Waals surface area (Å²) in [4.78, 5) is 25.3. The molecule has 142 valence electrons. The van der Waals surface area contributed by atoms with Gasteiger partial charge in [0.2, 0.25) is 0 Å². The van der Waals surface area contributed by atoms with Crippen molar-refractivity contribution in [1.82, 2.24) is 24.8 Å². The van der Waals surface area contributed by atoms with Crippen LogP contribution in [0.2, 0.25) is 0 Å². The van der Waals surface area contributed by atoms with Gasteiger partial charge in [0.1, 0.15) is 11.3 Å². The number of urea groups is 1. The van der Waals surface area contributed by atoms with Crippen LogP contribution in [0.3, 0.4) is 0 Å². The van der Waals surface area contributed by atoms with Crippen LogP contribution in [0.25, 0.3) is 22.6 Å². The summed E-state index contributed by atoms with van der Waals surface area (Å²) >= 11 is 0. The van der Waals surface area contributed by atoms with Crippen molar-refractivity contribution >= 4 is 28.7 Å². The molecule has 0 unspecified atom stereocenters. The van der Waals surface area contributed by atoms with Gasteiger partial charge in [-0.2, -0.15) is 0 Å². The third-order valence-corrected chi connectivity index (χ3v) is 4.34. The molecule has 0 radical (unpaired) electrons. The highest BCUT2D eigenvalue weighted by molar-refractivity contribution is 5.89. The second kappa shape index (κ2) is 8.03. The van der Waals surface area contributed by atoms with Gasteiger partial charge in [0.05, 0.1) is 0 Å². The van der Waals surface area contributed by atoms with Gasteiger partial charge < -0.3 is 20.9 Å². The molecule has 0 aliphatic rings. The molecule has 2 heterocycles. The molecule has 0 spiro atoms. The normalized spacial score (nSPS) is 10.9. The maximum absolute atomic E-state index is 11.6. The van der Waals surface area contributed by atoms with E-state index in [-0.39, 0.29) is 6.03 Å². The molecule has 3 rings (SSSR count). The number of anilines is 2. The van der Waals surface area contributed by atoms with Crippen molar-refractivity contribution in [2.45, 2.75) is 33.1 Å². The van der Waals surface area contributed by atoms with Gasteiger partial charge in [0, 0.05) is 31.3 Å². The number of nitrogens with one attached hydrogen (secondary N) is 2. The Morgan fingerprint density at radius 3 is 2.56 bits per heavy atom. The average Bonchev–Trinajstić information content (AvgIpc) is 2.97. The molecule has 0 aliphatic heterocycles. The van der Waals surface area contributed by atoms with E-state index in [1.165, 1.54) is 0 Å². The van der Waals surface area contributed by atoms with E-state index in [4.69, 9.17) is 5.73 Å². The monoisotopic (exact) mass is 367 g/mol. The fourth-order valence-corrected chi connectivity index (χ4v) is 2.91. The Labute approximate surface area is 158 Å². The molecule has 4 N–H and O–H groups in total. The number of carbonyl (C=O) groups excluding carboxylic acids is 1. The zero-order valence-corrected chi connectivity index (χ0v) is 15.9. The highest BCUT2D eigenvalue weighted by Crippen LogP contribution is 2.25. The Bertz CT molecular complexity index is 947. The van der Waals surface area contributed by atoms with Crippen LogP contribution < -0.4 is 16.4 Å². The van der Waals surface area contributed by atoms with E-state index in [2.05, 4.69) is 32.5 Å². The summed E-state index contributed by atoms with van der Waals surface area (Å²) in [6, 6.07) is 7.07. The molecule has 0 saturated heterocycles. The van der Waals surface area contributed by atoms with Crippen LogP contribution in [-0.2, 0) is 13.5 Å². The summed E-state index contributed by atoms with van der Waals surface area (Å²) in [7, 11) is 1.95. The predicted octanol–water partition coefficient (Wildman–Crippen LogP) is 3.10. The smallest absolute Gasteiger partial charge is 0.319 e. The summed E-state index contributed by atoms with van der Waals surface area (Å²) in [5.41, 5.74) is 9.06. The molecule has 3 aromatic rings. The van der Waals surface area contributed by atoms with Crippen LogP contribution in [0.1, 0.15) is 32.5 Å². The van der Waals surface area contributed by atoms with Crippen LogP contribution in [0, 0.1) is 0 Å². The number of rotatable bonds is 6. The molecule has 8 nitrogen and oxygen atoms in total. The van der Waals surface area contributed by atoms with Crippen LogP contribution in [-0.4, -0.2) is 32.1 Å². The molecule has 0 atom stereocenters. The first kappa shape index (κ1) is 18.6. The lowest BCUT2D eigenvalue weighted by Crippen LogP contribution is -2.28. The van der Waals surface area contributed by atoms with Gasteiger partial charge in [-0.1, -0.05) is 13.3 Å². The van der Waals surface area contributed by atoms with Crippen LogP contribution >= 0.6 is 0 Å². The van der Waals surface area contributed by atoms with Crippen molar-refractivity contribution in [2.75, 3.05) is 17.6 Å². The molecule has 27 heavy (non-hydrogen) atoms. The zero-order valence-electron chi connectivity index (χ0n) is 15.9. The first-order chi connectivity index (χ1) is 13.0. The number of unbranched alkanes of at least 4 members (excludes halogenated alkanes) is 1. The molecular weight excluding hydrogens is 342 g/mol. The molecule has 8 heteroatoms. The molecule has 0 aliphatic carbocycles. The molecule has 2 aromatic heterocycles. The SMILES string of the molecule is CCCCc1nc2nc(-c3ccc(NC(=O)NCC)cc3)nc(N)c2n1C. The van der Waals surface area contributed by atoms with Gasteiger partial charge in [0.25, 0.3) is 0 Å². The van der Waals surface area contributed by atoms with E-state index in [9.17, 15) is 4.79 Å². The standard InChI is InChI=1S/C19H25N7O/c1-4-6-7-14-23-18-15(26(14)3)16(20)24-17(25-18)12-8-10-13(11-9-12)22-19(27)21-5-2/h8-11H,4-7H2,1-3H3,(H2,20,24,25)(H2,21,22,27). The van der Waals surface area contributed by atoms with Crippen molar-refractivity contribution in [3.8, 4) is 11.4 Å². The van der Waals surface area contributed by atoms with Crippen molar-refractivity contribution in [3.63, 3.8) is 0 Å². The highest BCUT2D eigenvalue weighted by Gasteiger charge is 2.15. The minimum atomic E-state index is -0.236. The zero-order chi connectivity index (χ0) is 19.4. The number of imidazole rings is 1. The third-order valence-electron chi connectivity index (χ3n) is 4.34. The van der Waals surface area contributed by atoms with Crippen LogP contribution in [0.4, 0.5) is 16.3 Å². The number of fused-ring (bicyclic) bond motifs is 1. The molecule has 0 bridgehead atoms. The van der Waals surface area contributed by atoms with Gasteiger partial charge in [-0.15, -0.1) is 0 Å². The number of hydrogen-bond donors (Lipinski definition) is 3. The number of hydrogen-bond acceptors (Lipinski definition) is 5. The lowest BCUT2D eigenvalue weighted by atomic mass is 10.2. The Hall–Kier alpha value is -3.16. The fraction of sp³-hybridized carbons (Fsp3) is 0.368. The summed E-state index contributed by atoms with van der Waals surface area (Å²) in [5.74, 6) is 1.90. The number of aromatic nitrogens is 4. The quantitative estimate of drug-likeness (QED) is 0.620. The number of amides is 2. The van der Waals surface area contributed by atoms with Gasteiger partial charge in [-0.3, -0.25) is 0 Å². The Morgan fingerprint density at radius 2 is 1.89 bits per heavy atom. The van der Waals surface area contributed by atoms with Crippen molar-refractivity contribution in [1.29, 1.82) is 0 Å². The number of nitrogens with two attached hydrogens (primary N) is 1. The van der Waals surface area contributed by atoms with Crippen molar-refractivity contribution < 1.29 is 4.79 Å². The number of aryl methyl sites for hydroxylation is 2. The first-order valence-electron chi connectivity index (χ1n) is 9.17. The van der Waals surface area contributed by atoms with Gasteiger partial charge in [-0.25, -0.2) is 19.7 Å². The summed E-state index contributed by atoms with van der Waals surface area (Å²) in [6.45, 7) is 4.59. The number of nitrogen functional groups attached to an aromatic ring is 1. The van der Waals surface area contributed by atoms with Crippen molar-refractivity contribution in [3.05, 3.63) is 30.1 Å². The fourth-order valence-electron chi connectivity index (χ4n) is 2.91. The predicted molar refractivity (Wildman–Crippen MR) is 107 cm³/mol. The van der Waals surface area contributed by atoms with Gasteiger partial charge >= 0.3 is 6.03 Å². The molecule has 0 saturated carbocycles. The minimum Gasteiger partial charge on any atom is -0.382 e. The molecular formula is C19H25N7O. The molecule has 2 amide bonds. The lowest BCUT2D eigenvalue weighted by molar-refractivity contribution is 0.252. The minimum absolute atomic E-state index is 0.236. The summed E-state index contributed by atoms with van der Waals surface area (Å²) in [5, 5.41) is 5.45. The van der Waals surface area contributed by atoms with Gasteiger partial charge in [0.15, 0.2) is 17.3 Å². The maximum atomic E-state index is 11.6. The van der Waals surface area contributed by atoms with Crippen LogP contribution in [0.15, 0.2) is 24.3 Å². The lowest BCUT2D eigenvalue weighted by Gasteiger charge is -2.07. The van der Waals surface area contributed by atoms with E-state index in [1.54, 1.807) is 12.1 Å².